The van der Waals surface area contributed by atoms with Gasteiger partial charge >= 0.3 is 5.69 Å². The Labute approximate surface area is 87.0 Å². The fraction of sp³-hybridized carbons (Fsp3) is 0.400. The van der Waals surface area contributed by atoms with E-state index >= 15 is 0 Å². The molecule has 1 aromatic carbocycles. The van der Waals surface area contributed by atoms with Gasteiger partial charge in [0.25, 0.3) is 0 Å². The minimum absolute atomic E-state index is 0.0140. The van der Waals surface area contributed by atoms with Gasteiger partial charge in [0, 0.05) is 24.1 Å². The zero-order valence-electron chi connectivity index (χ0n) is 8.40. The van der Waals surface area contributed by atoms with E-state index < -0.39 is 4.92 Å². The maximum Gasteiger partial charge on any atom is 0.311 e. The molecule has 0 saturated heterocycles. The predicted octanol–water partition coefficient (Wildman–Crippen LogP) is 1.69. The fourth-order valence-electron chi connectivity index (χ4n) is 1.79. The van der Waals surface area contributed by atoms with Gasteiger partial charge in [0.1, 0.15) is 0 Å². The molecule has 0 aliphatic carbocycles. The summed E-state index contributed by atoms with van der Waals surface area (Å²) in [6.45, 7) is 2.26. The first-order chi connectivity index (χ1) is 7.09. The van der Waals surface area contributed by atoms with E-state index in [1.165, 1.54) is 6.07 Å². The van der Waals surface area contributed by atoms with Gasteiger partial charge in [0.2, 0.25) is 5.75 Å². The number of benzene rings is 1. The first-order valence-corrected chi connectivity index (χ1v) is 4.77. The topological polar surface area (TPSA) is 78.4 Å². The van der Waals surface area contributed by atoms with Crippen LogP contribution in [0.1, 0.15) is 23.6 Å². The number of rotatable bonds is 1. The molecule has 1 aromatic rings. The van der Waals surface area contributed by atoms with Crippen molar-refractivity contribution in [1.29, 1.82) is 0 Å². The zero-order chi connectivity index (χ0) is 11.0. The van der Waals surface area contributed by atoms with E-state index in [1.54, 1.807) is 0 Å². The molecule has 0 fully saturated rings. The Bertz CT molecular complexity index is 417. The lowest BCUT2D eigenvalue weighted by atomic mass is 9.98. The lowest BCUT2D eigenvalue weighted by Crippen LogP contribution is -2.21. The van der Waals surface area contributed by atoms with Crippen molar-refractivity contribution in [2.75, 3.05) is 6.61 Å². The Kier molecular flexibility index (Phi) is 2.32. The van der Waals surface area contributed by atoms with E-state index in [2.05, 4.69) is 0 Å². The highest BCUT2D eigenvalue weighted by Gasteiger charge is 2.26. The third-order valence-corrected chi connectivity index (χ3v) is 2.51. The van der Waals surface area contributed by atoms with E-state index in [0.717, 1.165) is 11.1 Å². The smallest absolute Gasteiger partial charge is 0.311 e. The van der Waals surface area contributed by atoms with Gasteiger partial charge in [0.15, 0.2) is 0 Å². The Hall–Kier alpha value is -1.62. The summed E-state index contributed by atoms with van der Waals surface area (Å²) in [6.07, 6.45) is 0.702. The molecular formula is C10H12N2O3. The maximum atomic E-state index is 10.8. The molecule has 1 atom stereocenters. The van der Waals surface area contributed by atoms with Gasteiger partial charge in [-0.3, -0.25) is 10.1 Å². The molecule has 2 rings (SSSR count). The van der Waals surface area contributed by atoms with Crippen LogP contribution in [-0.4, -0.2) is 11.5 Å². The quantitative estimate of drug-likeness (QED) is 0.562. The summed E-state index contributed by atoms with van der Waals surface area (Å²) in [4.78, 5) is 10.4. The molecule has 1 aliphatic rings. The van der Waals surface area contributed by atoms with Crippen molar-refractivity contribution in [1.82, 2.24) is 0 Å². The number of aryl methyl sites for hydroxylation is 1. The van der Waals surface area contributed by atoms with Crippen LogP contribution < -0.4 is 10.5 Å². The van der Waals surface area contributed by atoms with Crippen molar-refractivity contribution < 1.29 is 9.66 Å². The minimum atomic E-state index is -0.427. The largest absolute Gasteiger partial charge is 0.487 e. The van der Waals surface area contributed by atoms with E-state index in [9.17, 15) is 10.1 Å². The van der Waals surface area contributed by atoms with Crippen LogP contribution >= 0.6 is 0 Å². The second kappa shape index (κ2) is 3.51. The van der Waals surface area contributed by atoms with Crippen LogP contribution in [0.15, 0.2) is 12.1 Å². The average molecular weight is 208 g/mol. The fourth-order valence-corrected chi connectivity index (χ4v) is 1.79. The lowest BCUT2D eigenvalue weighted by molar-refractivity contribution is -0.386. The predicted molar refractivity (Wildman–Crippen MR) is 54.9 cm³/mol. The van der Waals surface area contributed by atoms with Crippen LogP contribution in [0.25, 0.3) is 0 Å². The second-order valence-corrected chi connectivity index (χ2v) is 3.70. The van der Waals surface area contributed by atoms with Gasteiger partial charge in [-0.2, -0.15) is 0 Å². The lowest BCUT2D eigenvalue weighted by Gasteiger charge is -2.22. The standard InChI is InChI=1S/C10H12N2O3/c1-6-4-7-8(11)2-3-15-10(7)9(5-6)12(13)14/h4-5,8H,2-3,11H2,1H3/t8-/m1/s1. The van der Waals surface area contributed by atoms with Gasteiger partial charge in [-0.1, -0.05) is 6.07 Å². The monoisotopic (exact) mass is 208 g/mol. The van der Waals surface area contributed by atoms with Gasteiger partial charge in [0.05, 0.1) is 11.5 Å². The molecule has 0 unspecified atom stereocenters. The summed E-state index contributed by atoms with van der Waals surface area (Å²) in [6, 6.07) is 3.20. The third kappa shape index (κ3) is 1.66. The van der Waals surface area contributed by atoms with Crippen LogP contribution in [0.5, 0.6) is 5.75 Å². The number of hydrogen-bond donors (Lipinski definition) is 1. The first kappa shape index (κ1) is 9.92. The molecule has 1 heterocycles. The summed E-state index contributed by atoms with van der Waals surface area (Å²) in [5.74, 6) is 0.337. The Morgan fingerprint density at radius 2 is 2.33 bits per heavy atom. The SMILES string of the molecule is Cc1cc2c(c([N+](=O)[O-])c1)OCC[C@H]2N. The van der Waals surface area contributed by atoms with Crippen molar-refractivity contribution in [2.24, 2.45) is 5.73 Å². The highest BCUT2D eigenvalue weighted by Crippen LogP contribution is 2.39. The van der Waals surface area contributed by atoms with Crippen LogP contribution in [-0.2, 0) is 0 Å². The number of nitrogens with zero attached hydrogens (tertiary/aromatic N) is 1. The number of nitro benzene ring substituents is 1. The van der Waals surface area contributed by atoms with Gasteiger partial charge in [-0.05, 0) is 12.5 Å². The van der Waals surface area contributed by atoms with Gasteiger partial charge in [-0.25, -0.2) is 0 Å². The normalized spacial score (nSPS) is 19.2. The molecule has 0 saturated carbocycles. The van der Waals surface area contributed by atoms with Gasteiger partial charge in [-0.15, -0.1) is 0 Å². The molecule has 1 aliphatic heterocycles. The summed E-state index contributed by atoms with van der Waals surface area (Å²) < 4.78 is 5.32. The summed E-state index contributed by atoms with van der Waals surface area (Å²) in [5.41, 5.74) is 7.47. The molecule has 2 N–H and O–H groups in total. The summed E-state index contributed by atoms with van der Waals surface area (Å²) in [5, 5.41) is 10.8. The summed E-state index contributed by atoms with van der Waals surface area (Å²) >= 11 is 0. The Morgan fingerprint density at radius 1 is 1.60 bits per heavy atom. The molecule has 0 aromatic heterocycles. The van der Waals surface area contributed by atoms with E-state index in [4.69, 9.17) is 10.5 Å². The van der Waals surface area contributed by atoms with E-state index in [1.807, 2.05) is 13.0 Å². The second-order valence-electron chi connectivity index (χ2n) is 3.70. The minimum Gasteiger partial charge on any atom is -0.487 e. The number of hydrogen-bond acceptors (Lipinski definition) is 4. The zero-order valence-corrected chi connectivity index (χ0v) is 8.40. The average Bonchev–Trinajstić information content (AvgIpc) is 2.18. The molecule has 5 heteroatoms. The molecule has 5 nitrogen and oxygen atoms in total. The van der Waals surface area contributed by atoms with Crippen molar-refractivity contribution >= 4 is 5.69 Å². The number of ether oxygens (including phenoxy) is 1. The molecule has 0 bridgehead atoms. The van der Waals surface area contributed by atoms with Crippen molar-refractivity contribution in [3.8, 4) is 5.75 Å². The summed E-state index contributed by atoms with van der Waals surface area (Å²) in [7, 11) is 0. The molecular weight excluding hydrogens is 196 g/mol. The van der Waals surface area contributed by atoms with Gasteiger partial charge < -0.3 is 10.5 Å². The first-order valence-electron chi connectivity index (χ1n) is 4.77. The Balaban J connectivity index is 2.62. The Morgan fingerprint density at radius 3 is 3.00 bits per heavy atom. The number of fused-ring (bicyclic) bond motifs is 1. The number of nitrogens with two attached hydrogens (primary N) is 1. The van der Waals surface area contributed by atoms with E-state index in [-0.39, 0.29) is 11.7 Å². The maximum absolute atomic E-state index is 10.8. The van der Waals surface area contributed by atoms with Crippen LogP contribution in [0.2, 0.25) is 0 Å². The van der Waals surface area contributed by atoms with Crippen LogP contribution in [0, 0.1) is 17.0 Å². The highest BCUT2D eigenvalue weighted by molar-refractivity contribution is 5.55. The number of nitro groups is 1. The molecule has 80 valence electrons. The van der Waals surface area contributed by atoms with E-state index in [0.29, 0.717) is 18.8 Å². The van der Waals surface area contributed by atoms with Crippen LogP contribution in [0.3, 0.4) is 0 Å². The molecule has 0 radical (unpaired) electrons. The van der Waals surface area contributed by atoms with Crippen LogP contribution in [0.4, 0.5) is 5.69 Å². The van der Waals surface area contributed by atoms with Crippen molar-refractivity contribution in [3.63, 3.8) is 0 Å². The van der Waals surface area contributed by atoms with Crippen molar-refractivity contribution in [3.05, 3.63) is 33.4 Å². The molecule has 0 spiro atoms. The highest BCUT2D eigenvalue weighted by atomic mass is 16.6. The molecule has 15 heavy (non-hydrogen) atoms. The molecule has 0 amide bonds. The van der Waals surface area contributed by atoms with Crippen molar-refractivity contribution in [2.45, 2.75) is 19.4 Å². The third-order valence-electron chi connectivity index (χ3n) is 2.51.